The molecule has 1 unspecified atom stereocenters. The average molecular weight is 523 g/mol. The van der Waals surface area contributed by atoms with E-state index in [1.807, 2.05) is 23.1 Å². The molecule has 1 heterocycles. The SMILES string of the molecule is CCN(CC)C(CNC(=O)c1ccc2c(c1)CNCCCCCCCN2C(=O)COC)c1ccc(C)cc1. The van der Waals surface area contributed by atoms with Crippen molar-refractivity contribution in [1.82, 2.24) is 15.5 Å². The number of nitrogens with zero attached hydrogens (tertiary/aromatic N) is 2. The fourth-order valence-corrected chi connectivity index (χ4v) is 5.19. The molecule has 2 aromatic carbocycles. The Morgan fingerprint density at radius 2 is 1.74 bits per heavy atom. The van der Waals surface area contributed by atoms with Gasteiger partial charge >= 0.3 is 0 Å². The Morgan fingerprint density at radius 1 is 1.03 bits per heavy atom. The highest BCUT2D eigenvalue weighted by Crippen LogP contribution is 2.25. The van der Waals surface area contributed by atoms with Crippen molar-refractivity contribution in [2.75, 3.05) is 51.3 Å². The van der Waals surface area contributed by atoms with Crippen molar-refractivity contribution in [2.24, 2.45) is 0 Å². The minimum absolute atomic E-state index is 0.0425. The number of aryl methyl sites for hydroxylation is 1. The summed E-state index contributed by atoms with van der Waals surface area (Å²) in [7, 11) is 1.55. The molecule has 0 spiro atoms. The molecular weight excluding hydrogens is 476 g/mol. The summed E-state index contributed by atoms with van der Waals surface area (Å²) in [5, 5.41) is 6.71. The van der Waals surface area contributed by atoms with Crippen LogP contribution in [0.25, 0.3) is 0 Å². The Balaban J connectivity index is 1.83. The first kappa shape index (κ1) is 29.8. The summed E-state index contributed by atoms with van der Waals surface area (Å²) in [5.74, 6) is -0.152. The van der Waals surface area contributed by atoms with Gasteiger partial charge in [0, 0.05) is 38.0 Å². The van der Waals surface area contributed by atoms with Gasteiger partial charge in [0.25, 0.3) is 11.8 Å². The molecule has 1 aliphatic rings. The molecule has 3 rings (SSSR count). The zero-order chi connectivity index (χ0) is 27.3. The summed E-state index contributed by atoms with van der Waals surface area (Å²) in [5.41, 5.74) is 4.85. The standard InChI is InChI=1S/C31H46N4O3/c1-5-34(6-2)29(25-14-12-24(3)13-15-25)22-33-31(37)26-16-17-28-27(20-26)21-32-18-10-8-7-9-11-19-35(28)30(36)23-38-4/h12-17,20,29,32H,5-11,18-19,21-23H2,1-4H3,(H,33,37). The normalized spacial score (nSPS) is 15.8. The number of fused-ring (bicyclic) bond motifs is 1. The lowest BCUT2D eigenvalue weighted by Crippen LogP contribution is -2.38. The fourth-order valence-electron chi connectivity index (χ4n) is 5.19. The van der Waals surface area contributed by atoms with E-state index in [1.165, 1.54) is 24.0 Å². The van der Waals surface area contributed by atoms with E-state index in [-0.39, 0.29) is 24.5 Å². The van der Waals surface area contributed by atoms with Gasteiger partial charge < -0.3 is 20.3 Å². The van der Waals surface area contributed by atoms with Crippen LogP contribution in [0.3, 0.4) is 0 Å². The van der Waals surface area contributed by atoms with Gasteiger partial charge in [-0.3, -0.25) is 14.5 Å². The highest BCUT2D eigenvalue weighted by atomic mass is 16.5. The second kappa shape index (κ2) is 15.6. The lowest BCUT2D eigenvalue weighted by molar-refractivity contribution is -0.122. The maximum Gasteiger partial charge on any atom is 0.252 e. The topological polar surface area (TPSA) is 73.9 Å². The molecule has 0 aliphatic carbocycles. The lowest BCUT2D eigenvalue weighted by Gasteiger charge is -2.30. The zero-order valence-corrected chi connectivity index (χ0v) is 23.7. The monoisotopic (exact) mass is 522 g/mol. The minimum atomic E-state index is -0.0991. The Morgan fingerprint density at radius 3 is 2.45 bits per heavy atom. The van der Waals surface area contributed by atoms with Crippen LogP contribution in [0.4, 0.5) is 5.69 Å². The summed E-state index contributed by atoms with van der Waals surface area (Å²) < 4.78 is 5.17. The predicted molar refractivity (Wildman–Crippen MR) is 155 cm³/mol. The van der Waals surface area contributed by atoms with Crippen LogP contribution in [0, 0.1) is 6.92 Å². The number of nitrogens with one attached hydrogen (secondary N) is 2. The second-order valence-corrected chi connectivity index (χ2v) is 10.1. The first-order valence-corrected chi connectivity index (χ1v) is 14.2. The van der Waals surface area contributed by atoms with E-state index in [0.717, 1.165) is 50.1 Å². The van der Waals surface area contributed by atoms with Crippen molar-refractivity contribution >= 4 is 17.5 Å². The summed E-state index contributed by atoms with van der Waals surface area (Å²) in [6.07, 6.45) is 5.55. The van der Waals surface area contributed by atoms with Crippen LogP contribution in [-0.2, 0) is 16.1 Å². The van der Waals surface area contributed by atoms with Crippen molar-refractivity contribution in [3.8, 4) is 0 Å². The maximum atomic E-state index is 13.4. The van der Waals surface area contributed by atoms with Gasteiger partial charge in [-0.15, -0.1) is 0 Å². The third-order valence-corrected chi connectivity index (χ3v) is 7.42. The molecule has 208 valence electrons. The second-order valence-electron chi connectivity index (χ2n) is 10.1. The third kappa shape index (κ3) is 8.38. The van der Waals surface area contributed by atoms with Gasteiger partial charge in [0.05, 0.1) is 6.04 Å². The summed E-state index contributed by atoms with van der Waals surface area (Å²) in [6.45, 7) is 11.0. The van der Waals surface area contributed by atoms with Crippen molar-refractivity contribution in [1.29, 1.82) is 0 Å². The smallest absolute Gasteiger partial charge is 0.252 e. The first-order valence-electron chi connectivity index (χ1n) is 14.2. The minimum Gasteiger partial charge on any atom is -0.375 e. The number of anilines is 1. The summed E-state index contributed by atoms with van der Waals surface area (Å²) in [4.78, 5) is 30.5. The quantitative estimate of drug-likeness (QED) is 0.493. The molecule has 1 aliphatic heterocycles. The van der Waals surface area contributed by atoms with E-state index in [4.69, 9.17) is 4.74 Å². The number of benzene rings is 2. The summed E-state index contributed by atoms with van der Waals surface area (Å²) >= 11 is 0. The highest BCUT2D eigenvalue weighted by molar-refractivity contribution is 5.98. The number of likely N-dealkylation sites (N-methyl/N-ethyl adjacent to an activating group) is 1. The summed E-state index contributed by atoms with van der Waals surface area (Å²) in [6, 6.07) is 14.4. The van der Waals surface area contributed by atoms with Crippen LogP contribution in [0.2, 0.25) is 0 Å². The first-order chi connectivity index (χ1) is 18.5. The molecule has 38 heavy (non-hydrogen) atoms. The van der Waals surface area contributed by atoms with E-state index in [1.54, 1.807) is 7.11 Å². The Labute approximate surface area is 228 Å². The van der Waals surface area contributed by atoms with E-state index in [2.05, 4.69) is 60.6 Å². The average Bonchev–Trinajstić information content (AvgIpc) is 2.92. The van der Waals surface area contributed by atoms with Crippen LogP contribution in [0.5, 0.6) is 0 Å². The van der Waals surface area contributed by atoms with Gasteiger partial charge in [0.1, 0.15) is 6.61 Å². The Bertz CT molecular complexity index is 1020. The molecule has 2 amide bonds. The molecule has 0 radical (unpaired) electrons. The molecule has 0 aromatic heterocycles. The van der Waals surface area contributed by atoms with E-state index >= 15 is 0 Å². The van der Waals surface area contributed by atoms with Gasteiger partial charge in [0.15, 0.2) is 0 Å². The number of ether oxygens (including phenoxy) is 1. The molecule has 1 atom stereocenters. The molecule has 2 N–H and O–H groups in total. The zero-order valence-electron chi connectivity index (χ0n) is 23.7. The number of hydrogen-bond donors (Lipinski definition) is 2. The molecule has 0 bridgehead atoms. The molecule has 7 nitrogen and oxygen atoms in total. The highest BCUT2D eigenvalue weighted by Gasteiger charge is 2.22. The van der Waals surface area contributed by atoms with Crippen LogP contribution in [0.15, 0.2) is 42.5 Å². The van der Waals surface area contributed by atoms with E-state index < -0.39 is 0 Å². The molecule has 0 saturated heterocycles. The van der Waals surface area contributed by atoms with Gasteiger partial charge in [0.2, 0.25) is 0 Å². The molecule has 2 aromatic rings. The molecule has 7 heteroatoms. The van der Waals surface area contributed by atoms with Gasteiger partial charge in [-0.1, -0.05) is 62.9 Å². The number of amides is 2. The van der Waals surface area contributed by atoms with Gasteiger partial charge in [-0.25, -0.2) is 0 Å². The Kier molecular flexibility index (Phi) is 12.3. The Hall–Kier alpha value is -2.74. The maximum absolute atomic E-state index is 13.4. The lowest BCUT2D eigenvalue weighted by atomic mass is 10.0. The van der Waals surface area contributed by atoms with Crippen LogP contribution in [-0.4, -0.2) is 63.2 Å². The number of carbonyl (C=O) groups is 2. The van der Waals surface area contributed by atoms with Crippen molar-refractivity contribution in [3.63, 3.8) is 0 Å². The van der Waals surface area contributed by atoms with Crippen molar-refractivity contribution in [3.05, 3.63) is 64.7 Å². The predicted octanol–water partition coefficient (Wildman–Crippen LogP) is 4.84. The van der Waals surface area contributed by atoms with Crippen molar-refractivity contribution < 1.29 is 14.3 Å². The molecule has 0 fully saturated rings. The van der Waals surface area contributed by atoms with Gasteiger partial charge in [-0.2, -0.15) is 0 Å². The van der Waals surface area contributed by atoms with Gasteiger partial charge in [-0.05, 0) is 68.7 Å². The number of rotatable bonds is 9. The third-order valence-electron chi connectivity index (χ3n) is 7.42. The van der Waals surface area contributed by atoms with Crippen molar-refractivity contribution in [2.45, 2.75) is 65.5 Å². The van der Waals surface area contributed by atoms with Crippen LogP contribution >= 0.6 is 0 Å². The largest absolute Gasteiger partial charge is 0.375 e. The van der Waals surface area contributed by atoms with Crippen LogP contribution in [0.1, 0.15) is 79.0 Å². The van der Waals surface area contributed by atoms with Crippen LogP contribution < -0.4 is 15.5 Å². The van der Waals surface area contributed by atoms with E-state index in [0.29, 0.717) is 25.2 Å². The molecular formula is C31H46N4O3. The number of carbonyl (C=O) groups excluding carboxylic acids is 2. The fraction of sp³-hybridized carbons (Fsp3) is 0.548. The number of hydrogen-bond acceptors (Lipinski definition) is 5. The molecule has 0 saturated carbocycles. The number of methoxy groups -OCH3 is 1. The van der Waals surface area contributed by atoms with E-state index in [9.17, 15) is 9.59 Å².